The molecular formula is C14H22N2. The molecule has 1 aliphatic heterocycles. The van der Waals surface area contributed by atoms with Crippen LogP contribution in [0.4, 0.5) is 11.4 Å². The standard InChI is InChI=1S/C14H22N2/c1-3-8-15-14-7-6-13(11-12(14)2)16-9-4-5-10-16/h6-7,11,15H,3-5,8-10H2,1-2H3. The summed E-state index contributed by atoms with van der Waals surface area (Å²) < 4.78 is 0. The molecule has 0 saturated carbocycles. The summed E-state index contributed by atoms with van der Waals surface area (Å²) in [5.74, 6) is 0. The van der Waals surface area contributed by atoms with Gasteiger partial charge in [-0.05, 0) is 49.9 Å². The van der Waals surface area contributed by atoms with E-state index in [1.54, 1.807) is 0 Å². The van der Waals surface area contributed by atoms with Crippen LogP contribution in [0.15, 0.2) is 18.2 Å². The van der Waals surface area contributed by atoms with Crippen LogP contribution in [0.3, 0.4) is 0 Å². The molecule has 0 aliphatic carbocycles. The summed E-state index contributed by atoms with van der Waals surface area (Å²) in [5.41, 5.74) is 4.03. The molecule has 1 aliphatic rings. The Labute approximate surface area is 98.7 Å². The van der Waals surface area contributed by atoms with Gasteiger partial charge in [-0.25, -0.2) is 0 Å². The molecule has 1 aromatic rings. The lowest BCUT2D eigenvalue weighted by Gasteiger charge is -2.19. The monoisotopic (exact) mass is 218 g/mol. The van der Waals surface area contributed by atoms with Crippen molar-refractivity contribution in [1.82, 2.24) is 0 Å². The molecule has 1 fully saturated rings. The number of rotatable bonds is 4. The van der Waals surface area contributed by atoms with E-state index in [0.29, 0.717) is 0 Å². The summed E-state index contributed by atoms with van der Waals surface area (Å²) >= 11 is 0. The van der Waals surface area contributed by atoms with Crippen molar-refractivity contribution in [1.29, 1.82) is 0 Å². The smallest absolute Gasteiger partial charge is 0.0371 e. The number of hydrogen-bond donors (Lipinski definition) is 1. The lowest BCUT2D eigenvalue weighted by atomic mass is 10.1. The molecule has 0 amide bonds. The van der Waals surface area contributed by atoms with Gasteiger partial charge >= 0.3 is 0 Å². The molecule has 0 unspecified atom stereocenters. The zero-order valence-electron chi connectivity index (χ0n) is 10.4. The van der Waals surface area contributed by atoms with Crippen molar-refractivity contribution in [2.75, 3.05) is 29.9 Å². The molecule has 0 bridgehead atoms. The quantitative estimate of drug-likeness (QED) is 0.833. The van der Waals surface area contributed by atoms with Gasteiger partial charge in [-0.1, -0.05) is 6.92 Å². The normalized spacial score (nSPS) is 15.5. The second-order valence-electron chi connectivity index (χ2n) is 4.62. The molecule has 16 heavy (non-hydrogen) atoms. The summed E-state index contributed by atoms with van der Waals surface area (Å²) in [6, 6.07) is 6.78. The molecule has 0 radical (unpaired) electrons. The van der Waals surface area contributed by atoms with Gasteiger partial charge in [0.2, 0.25) is 0 Å². The van der Waals surface area contributed by atoms with E-state index in [2.05, 4.69) is 42.3 Å². The van der Waals surface area contributed by atoms with E-state index >= 15 is 0 Å². The molecule has 1 heterocycles. The SMILES string of the molecule is CCCNc1ccc(N2CCCC2)cc1C. The Morgan fingerprint density at radius 3 is 2.62 bits per heavy atom. The molecule has 1 saturated heterocycles. The first-order valence-electron chi connectivity index (χ1n) is 6.40. The summed E-state index contributed by atoms with van der Waals surface area (Å²) in [5, 5.41) is 3.46. The maximum atomic E-state index is 3.46. The third-order valence-electron chi connectivity index (χ3n) is 3.25. The van der Waals surface area contributed by atoms with Crippen molar-refractivity contribution in [2.45, 2.75) is 33.1 Å². The van der Waals surface area contributed by atoms with E-state index in [4.69, 9.17) is 0 Å². The maximum absolute atomic E-state index is 3.46. The minimum absolute atomic E-state index is 1.06. The molecule has 0 aromatic heterocycles. The zero-order valence-corrected chi connectivity index (χ0v) is 10.4. The van der Waals surface area contributed by atoms with Crippen LogP contribution in [0, 0.1) is 6.92 Å². The van der Waals surface area contributed by atoms with Gasteiger partial charge in [0.15, 0.2) is 0 Å². The summed E-state index contributed by atoms with van der Waals surface area (Å²) in [6.45, 7) is 7.89. The minimum atomic E-state index is 1.06. The van der Waals surface area contributed by atoms with Gasteiger partial charge in [0.1, 0.15) is 0 Å². The second kappa shape index (κ2) is 5.24. The molecule has 2 heteroatoms. The Morgan fingerprint density at radius 2 is 2.00 bits per heavy atom. The van der Waals surface area contributed by atoms with Crippen molar-refractivity contribution >= 4 is 11.4 Å². The topological polar surface area (TPSA) is 15.3 Å². The fourth-order valence-electron chi connectivity index (χ4n) is 2.28. The van der Waals surface area contributed by atoms with Gasteiger partial charge in [-0.3, -0.25) is 0 Å². The highest BCUT2D eigenvalue weighted by atomic mass is 15.1. The van der Waals surface area contributed by atoms with Crippen LogP contribution < -0.4 is 10.2 Å². The zero-order chi connectivity index (χ0) is 11.4. The van der Waals surface area contributed by atoms with Gasteiger partial charge in [-0.15, -0.1) is 0 Å². The summed E-state index contributed by atoms with van der Waals surface area (Å²) in [7, 11) is 0. The van der Waals surface area contributed by atoms with Crippen molar-refractivity contribution in [3.05, 3.63) is 23.8 Å². The highest BCUT2D eigenvalue weighted by Crippen LogP contribution is 2.25. The molecule has 0 spiro atoms. The third-order valence-corrected chi connectivity index (χ3v) is 3.25. The van der Waals surface area contributed by atoms with E-state index in [1.807, 2.05) is 0 Å². The average Bonchev–Trinajstić information content (AvgIpc) is 2.81. The number of aryl methyl sites for hydroxylation is 1. The highest BCUT2D eigenvalue weighted by Gasteiger charge is 2.12. The molecule has 1 N–H and O–H groups in total. The molecular weight excluding hydrogens is 196 g/mol. The van der Waals surface area contributed by atoms with Crippen LogP contribution in [0.1, 0.15) is 31.7 Å². The Kier molecular flexibility index (Phi) is 3.70. The van der Waals surface area contributed by atoms with Gasteiger partial charge < -0.3 is 10.2 Å². The fraction of sp³-hybridized carbons (Fsp3) is 0.571. The Morgan fingerprint density at radius 1 is 1.25 bits per heavy atom. The lowest BCUT2D eigenvalue weighted by molar-refractivity contribution is 0.949. The van der Waals surface area contributed by atoms with Gasteiger partial charge in [0.25, 0.3) is 0 Å². The van der Waals surface area contributed by atoms with Crippen LogP contribution in [-0.4, -0.2) is 19.6 Å². The maximum Gasteiger partial charge on any atom is 0.0371 e. The highest BCUT2D eigenvalue weighted by molar-refractivity contribution is 5.60. The van der Waals surface area contributed by atoms with Crippen LogP contribution in [-0.2, 0) is 0 Å². The third kappa shape index (κ3) is 2.49. The number of nitrogens with zero attached hydrogens (tertiary/aromatic N) is 1. The predicted molar refractivity (Wildman–Crippen MR) is 71.4 cm³/mol. The molecule has 1 aromatic carbocycles. The molecule has 2 nitrogen and oxygen atoms in total. The number of nitrogens with one attached hydrogen (secondary N) is 1. The van der Waals surface area contributed by atoms with Crippen molar-refractivity contribution in [2.24, 2.45) is 0 Å². The van der Waals surface area contributed by atoms with Crippen LogP contribution >= 0.6 is 0 Å². The second-order valence-corrected chi connectivity index (χ2v) is 4.62. The van der Waals surface area contributed by atoms with Crippen LogP contribution in [0.2, 0.25) is 0 Å². The van der Waals surface area contributed by atoms with E-state index in [-0.39, 0.29) is 0 Å². The first-order valence-corrected chi connectivity index (χ1v) is 6.40. The minimum Gasteiger partial charge on any atom is -0.385 e. The first-order chi connectivity index (χ1) is 7.81. The van der Waals surface area contributed by atoms with Crippen molar-refractivity contribution in [3.8, 4) is 0 Å². The first kappa shape index (κ1) is 11.3. The van der Waals surface area contributed by atoms with Crippen molar-refractivity contribution < 1.29 is 0 Å². The molecule has 2 rings (SSSR count). The molecule has 0 atom stereocenters. The van der Waals surface area contributed by atoms with E-state index < -0.39 is 0 Å². The Balaban J connectivity index is 2.09. The van der Waals surface area contributed by atoms with Gasteiger partial charge in [0, 0.05) is 31.0 Å². The van der Waals surface area contributed by atoms with Gasteiger partial charge in [-0.2, -0.15) is 0 Å². The van der Waals surface area contributed by atoms with Gasteiger partial charge in [0.05, 0.1) is 0 Å². The van der Waals surface area contributed by atoms with Crippen LogP contribution in [0.25, 0.3) is 0 Å². The van der Waals surface area contributed by atoms with E-state index in [0.717, 1.165) is 6.54 Å². The average molecular weight is 218 g/mol. The Bertz CT molecular complexity index is 341. The molecule has 88 valence electrons. The van der Waals surface area contributed by atoms with E-state index in [1.165, 1.54) is 49.3 Å². The Hall–Kier alpha value is -1.18. The number of hydrogen-bond acceptors (Lipinski definition) is 2. The largest absolute Gasteiger partial charge is 0.385 e. The summed E-state index contributed by atoms with van der Waals surface area (Å²) in [4.78, 5) is 2.48. The number of anilines is 2. The number of benzene rings is 1. The lowest BCUT2D eigenvalue weighted by Crippen LogP contribution is -2.17. The fourth-order valence-corrected chi connectivity index (χ4v) is 2.28. The predicted octanol–water partition coefficient (Wildman–Crippen LogP) is 3.42. The summed E-state index contributed by atoms with van der Waals surface area (Å²) in [6.07, 6.45) is 3.86. The van der Waals surface area contributed by atoms with Crippen molar-refractivity contribution in [3.63, 3.8) is 0 Å². The van der Waals surface area contributed by atoms with E-state index in [9.17, 15) is 0 Å². The van der Waals surface area contributed by atoms with Crippen LogP contribution in [0.5, 0.6) is 0 Å².